The van der Waals surface area contributed by atoms with Crippen molar-refractivity contribution in [2.45, 2.75) is 32.2 Å². The van der Waals surface area contributed by atoms with Crippen molar-refractivity contribution in [1.82, 2.24) is 20.4 Å². The molecule has 1 fully saturated rings. The first kappa shape index (κ1) is 13.0. The third kappa shape index (κ3) is 4.07. The predicted molar refractivity (Wildman–Crippen MR) is 68.8 cm³/mol. The van der Waals surface area contributed by atoms with Gasteiger partial charge in [0.05, 0.1) is 12.2 Å². The van der Waals surface area contributed by atoms with Crippen molar-refractivity contribution in [1.29, 1.82) is 0 Å². The average molecular weight is 248 g/mol. The van der Waals surface area contributed by atoms with E-state index >= 15 is 0 Å². The standard InChI is InChI=1S/C13H20N4O/c18-13(17-8-3-1-2-4-9-17)11-14-10-12-6-5-7-15-16-12/h5-7,14H,1-4,8-11H2. The van der Waals surface area contributed by atoms with Gasteiger partial charge in [0.2, 0.25) is 5.91 Å². The fourth-order valence-corrected chi connectivity index (χ4v) is 2.16. The Labute approximate surface area is 108 Å². The van der Waals surface area contributed by atoms with Crippen LogP contribution in [0.2, 0.25) is 0 Å². The molecular formula is C13H20N4O. The maximum Gasteiger partial charge on any atom is 0.236 e. The zero-order valence-corrected chi connectivity index (χ0v) is 10.6. The van der Waals surface area contributed by atoms with Gasteiger partial charge in [-0.15, -0.1) is 0 Å². The van der Waals surface area contributed by atoms with E-state index in [0.717, 1.165) is 31.6 Å². The number of aromatic nitrogens is 2. The molecule has 2 heterocycles. The Morgan fingerprint density at radius 2 is 2.06 bits per heavy atom. The number of likely N-dealkylation sites (tertiary alicyclic amines) is 1. The van der Waals surface area contributed by atoms with Crippen molar-refractivity contribution in [3.05, 3.63) is 24.0 Å². The van der Waals surface area contributed by atoms with Gasteiger partial charge in [-0.05, 0) is 25.0 Å². The Kier molecular flexibility index (Phi) is 5.08. The van der Waals surface area contributed by atoms with Gasteiger partial charge in [0.15, 0.2) is 0 Å². The molecule has 0 spiro atoms. The van der Waals surface area contributed by atoms with Crippen LogP contribution in [0.5, 0.6) is 0 Å². The van der Waals surface area contributed by atoms with Crippen molar-refractivity contribution < 1.29 is 4.79 Å². The fourth-order valence-electron chi connectivity index (χ4n) is 2.16. The minimum absolute atomic E-state index is 0.195. The number of rotatable bonds is 4. The largest absolute Gasteiger partial charge is 0.342 e. The molecule has 0 aromatic carbocycles. The number of nitrogens with one attached hydrogen (secondary N) is 1. The maximum absolute atomic E-state index is 12.0. The Morgan fingerprint density at radius 1 is 1.28 bits per heavy atom. The maximum atomic E-state index is 12.0. The topological polar surface area (TPSA) is 58.1 Å². The molecule has 5 heteroatoms. The molecule has 0 aliphatic carbocycles. The van der Waals surface area contributed by atoms with E-state index < -0.39 is 0 Å². The molecule has 1 aromatic rings. The summed E-state index contributed by atoms with van der Waals surface area (Å²) < 4.78 is 0. The second-order valence-electron chi connectivity index (χ2n) is 4.61. The van der Waals surface area contributed by atoms with Gasteiger partial charge in [0.1, 0.15) is 0 Å². The minimum Gasteiger partial charge on any atom is -0.342 e. The Balaban J connectivity index is 1.71. The third-order valence-corrected chi connectivity index (χ3v) is 3.17. The molecule has 0 atom stereocenters. The monoisotopic (exact) mass is 248 g/mol. The number of nitrogens with zero attached hydrogens (tertiary/aromatic N) is 3. The van der Waals surface area contributed by atoms with Crippen LogP contribution in [0.4, 0.5) is 0 Å². The van der Waals surface area contributed by atoms with Crippen molar-refractivity contribution >= 4 is 5.91 Å². The lowest BCUT2D eigenvalue weighted by molar-refractivity contribution is -0.130. The van der Waals surface area contributed by atoms with E-state index in [2.05, 4.69) is 15.5 Å². The summed E-state index contributed by atoms with van der Waals surface area (Å²) >= 11 is 0. The Morgan fingerprint density at radius 3 is 2.72 bits per heavy atom. The smallest absolute Gasteiger partial charge is 0.236 e. The van der Waals surface area contributed by atoms with Crippen molar-refractivity contribution in [2.75, 3.05) is 19.6 Å². The van der Waals surface area contributed by atoms with E-state index in [9.17, 15) is 4.79 Å². The van der Waals surface area contributed by atoms with Gasteiger partial charge in [-0.2, -0.15) is 10.2 Å². The molecule has 98 valence electrons. The zero-order chi connectivity index (χ0) is 12.6. The van der Waals surface area contributed by atoms with E-state index in [-0.39, 0.29) is 5.91 Å². The molecule has 18 heavy (non-hydrogen) atoms. The molecule has 1 saturated heterocycles. The van der Waals surface area contributed by atoms with Crippen molar-refractivity contribution in [3.8, 4) is 0 Å². The first-order valence-corrected chi connectivity index (χ1v) is 6.61. The molecule has 0 saturated carbocycles. The summed E-state index contributed by atoms with van der Waals surface area (Å²) in [5.74, 6) is 0.195. The molecule has 0 bridgehead atoms. The number of carbonyl (C=O) groups excluding carboxylic acids is 1. The SMILES string of the molecule is O=C(CNCc1cccnn1)N1CCCCCC1. The quantitative estimate of drug-likeness (QED) is 0.862. The van der Waals surface area contributed by atoms with Crippen LogP contribution >= 0.6 is 0 Å². The van der Waals surface area contributed by atoms with Gasteiger partial charge in [-0.3, -0.25) is 4.79 Å². The van der Waals surface area contributed by atoms with Crippen LogP contribution in [-0.4, -0.2) is 40.6 Å². The number of hydrogen-bond acceptors (Lipinski definition) is 4. The van der Waals surface area contributed by atoms with Crippen LogP contribution in [0.25, 0.3) is 0 Å². The molecule has 1 amide bonds. The molecule has 1 aliphatic rings. The second kappa shape index (κ2) is 7.06. The molecule has 2 rings (SSSR count). The summed E-state index contributed by atoms with van der Waals surface area (Å²) in [5, 5.41) is 10.9. The predicted octanol–water partition coefficient (Wildman–Crippen LogP) is 0.969. The summed E-state index contributed by atoms with van der Waals surface area (Å²) in [6.45, 7) is 2.79. The van der Waals surface area contributed by atoms with Crippen LogP contribution in [0.1, 0.15) is 31.4 Å². The molecule has 0 radical (unpaired) electrons. The summed E-state index contributed by atoms with van der Waals surface area (Å²) in [6, 6.07) is 3.75. The Hall–Kier alpha value is -1.49. The highest BCUT2D eigenvalue weighted by Crippen LogP contribution is 2.09. The van der Waals surface area contributed by atoms with Crippen LogP contribution in [0.3, 0.4) is 0 Å². The Bertz CT molecular complexity index is 361. The molecule has 0 unspecified atom stereocenters. The fraction of sp³-hybridized carbons (Fsp3) is 0.615. The third-order valence-electron chi connectivity index (χ3n) is 3.17. The lowest BCUT2D eigenvalue weighted by Gasteiger charge is -2.20. The minimum atomic E-state index is 0.195. The van der Waals surface area contributed by atoms with Crippen molar-refractivity contribution in [3.63, 3.8) is 0 Å². The lowest BCUT2D eigenvalue weighted by Crippen LogP contribution is -2.38. The molecular weight excluding hydrogens is 228 g/mol. The van der Waals surface area contributed by atoms with Gasteiger partial charge >= 0.3 is 0 Å². The highest BCUT2D eigenvalue weighted by Gasteiger charge is 2.14. The normalized spacial score (nSPS) is 16.3. The summed E-state index contributed by atoms with van der Waals surface area (Å²) in [5.41, 5.74) is 0.862. The van der Waals surface area contributed by atoms with Gasteiger partial charge in [0.25, 0.3) is 0 Å². The molecule has 1 aliphatic heterocycles. The first-order valence-electron chi connectivity index (χ1n) is 6.61. The van der Waals surface area contributed by atoms with Crippen LogP contribution in [0, 0.1) is 0 Å². The molecule has 1 N–H and O–H groups in total. The van der Waals surface area contributed by atoms with Crippen molar-refractivity contribution in [2.24, 2.45) is 0 Å². The van der Waals surface area contributed by atoms with E-state index in [4.69, 9.17) is 0 Å². The van der Waals surface area contributed by atoms with E-state index in [0.29, 0.717) is 13.1 Å². The molecule has 1 aromatic heterocycles. The van der Waals surface area contributed by atoms with Crippen LogP contribution in [0.15, 0.2) is 18.3 Å². The second-order valence-corrected chi connectivity index (χ2v) is 4.61. The number of hydrogen-bond donors (Lipinski definition) is 1. The average Bonchev–Trinajstić information content (AvgIpc) is 2.69. The van der Waals surface area contributed by atoms with Gasteiger partial charge in [0, 0.05) is 25.8 Å². The summed E-state index contributed by atoms with van der Waals surface area (Å²) in [6.07, 6.45) is 6.41. The first-order chi connectivity index (χ1) is 8.86. The zero-order valence-electron chi connectivity index (χ0n) is 10.6. The highest BCUT2D eigenvalue weighted by atomic mass is 16.2. The highest BCUT2D eigenvalue weighted by molar-refractivity contribution is 5.78. The van der Waals surface area contributed by atoms with Crippen LogP contribution < -0.4 is 5.32 Å². The number of carbonyl (C=O) groups is 1. The lowest BCUT2D eigenvalue weighted by atomic mass is 10.2. The summed E-state index contributed by atoms with van der Waals surface area (Å²) in [4.78, 5) is 13.9. The summed E-state index contributed by atoms with van der Waals surface area (Å²) in [7, 11) is 0. The van der Waals surface area contributed by atoms with Crippen LogP contribution in [-0.2, 0) is 11.3 Å². The van der Waals surface area contributed by atoms with Gasteiger partial charge in [-0.25, -0.2) is 0 Å². The van der Waals surface area contributed by atoms with E-state index in [1.165, 1.54) is 12.8 Å². The van der Waals surface area contributed by atoms with Gasteiger partial charge in [-0.1, -0.05) is 12.8 Å². The molecule has 5 nitrogen and oxygen atoms in total. The number of amides is 1. The van der Waals surface area contributed by atoms with E-state index in [1.54, 1.807) is 6.20 Å². The van der Waals surface area contributed by atoms with Gasteiger partial charge < -0.3 is 10.2 Å². The van der Waals surface area contributed by atoms with E-state index in [1.807, 2.05) is 17.0 Å².